The van der Waals surface area contributed by atoms with Crippen molar-refractivity contribution in [1.82, 2.24) is 35.1 Å². The molecule has 3 aromatic rings. The summed E-state index contributed by atoms with van der Waals surface area (Å²) < 4.78 is 5.44. The summed E-state index contributed by atoms with van der Waals surface area (Å²) in [6, 6.07) is 9.88. The monoisotopic (exact) mass is 407 g/mol. The lowest BCUT2D eigenvalue weighted by atomic mass is 10.1. The van der Waals surface area contributed by atoms with Gasteiger partial charge in [-0.1, -0.05) is 30.3 Å². The fourth-order valence-corrected chi connectivity index (χ4v) is 3.28. The van der Waals surface area contributed by atoms with Crippen LogP contribution in [-0.4, -0.2) is 59.9 Å². The van der Waals surface area contributed by atoms with Crippen LogP contribution >= 0.6 is 0 Å². The summed E-state index contributed by atoms with van der Waals surface area (Å²) in [4.78, 5) is 24.4. The first-order valence-electron chi connectivity index (χ1n) is 10.0. The molecule has 156 valence electrons. The minimum atomic E-state index is -0.492. The second-order valence-electron chi connectivity index (χ2n) is 8.29. The number of amides is 1. The van der Waals surface area contributed by atoms with Crippen LogP contribution in [0.3, 0.4) is 0 Å². The number of hydrogen-bond donors (Lipinski definition) is 0. The van der Waals surface area contributed by atoms with Crippen molar-refractivity contribution in [3.63, 3.8) is 0 Å². The molecular formula is C21H25N7O2. The van der Waals surface area contributed by atoms with Crippen LogP contribution in [-0.2, 0) is 4.74 Å². The van der Waals surface area contributed by atoms with E-state index in [4.69, 9.17) is 4.74 Å². The van der Waals surface area contributed by atoms with Crippen molar-refractivity contribution in [1.29, 1.82) is 0 Å². The lowest BCUT2D eigenvalue weighted by Gasteiger charge is -2.32. The maximum atomic E-state index is 12.2. The molecule has 1 aliphatic rings. The molecule has 0 aliphatic carbocycles. The van der Waals surface area contributed by atoms with Gasteiger partial charge in [0.25, 0.3) is 0 Å². The summed E-state index contributed by atoms with van der Waals surface area (Å²) >= 11 is 0. The second kappa shape index (κ2) is 8.17. The average Bonchev–Trinajstić information content (AvgIpc) is 3.24. The summed E-state index contributed by atoms with van der Waals surface area (Å²) in [5.74, 6) is 1.14. The molecule has 0 radical (unpaired) electrons. The largest absolute Gasteiger partial charge is 0.444 e. The molecule has 0 spiro atoms. The highest BCUT2D eigenvalue weighted by Gasteiger charge is 2.28. The molecule has 1 aliphatic heterocycles. The van der Waals surface area contributed by atoms with Crippen LogP contribution in [0.15, 0.2) is 42.7 Å². The third-order valence-corrected chi connectivity index (χ3v) is 4.81. The van der Waals surface area contributed by atoms with Crippen LogP contribution in [0.25, 0.3) is 22.8 Å². The van der Waals surface area contributed by atoms with E-state index in [1.54, 1.807) is 22.1 Å². The quantitative estimate of drug-likeness (QED) is 0.656. The third kappa shape index (κ3) is 4.61. The molecule has 9 nitrogen and oxygen atoms in total. The van der Waals surface area contributed by atoms with E-state index >= 15 is 0 Å². The number of ether oxygens (including phenoxy) is 1. The Hall–Kier alpha value is -3.36. The molecule has 0 bridgehead atoms. The molecule has 2 aromatic heterocycles. The molecule has 1 aromatic carbocycles. The lowest BCUT2D eigenvalue weighted by Crippen LogP contribution is -2.42. The minimum absolute atomic E-state index is 0.0921. The van der Waals surface area contributed by atoms with E-state index in [9.17, 15) is 4.79 Å². The molecule has 30 heavy (non-hydrogen) atoms. The van der Waals surface area contributed by atoms with Crippen LogP contribution in [0.2, 0.25) is 0 Å². The zero-order chi connectivity index (χ0) is 21.1. The normalized spacial score (nSPS) is 15.2. The van der Waals surface area contributed by atoms with Gasteiger partial charge in [0.05, 0.1) is 11.6 Å². The van der Waals surface area contributed by atoms with Gasteiger partial charge in [0.1, 0.15) is 5.60 Å². The third-order valence-electron chi connectivity index (χ3n) is 4.81. The van der Waals surface area contributed by atoms with Gasteiger partial charge in [-0.15, -0.1) is 10.2 Å². The van der Waals surface area contributed by atoms with Gasteiger partial charge < -0.3 is 9.64 Å². The van der Waals surface area contributed by atoms with Crippen LogP contribution in [0, 0.1) is 0 Å². The second-order valence-corrected chi connectivity index (χ2v) is 8.29. The average molecular weight is 407 g/mol. The molecule has 3 heterocycles. The van der Waals surface area contributed by atoms with Gasteiger partial charge in [0.2, 0.25) is 5.82 Å². The van der Waals surface area contributed by atoms with E-state index < -0.39 is 5.60 Å². The summed E-state index contributed by atoms with van der Waals surface area (Å²) in [5.41, 5.74) is 1.18. The van der Waals surface area contributed by atoms with E-state index in [1.807, 2.05) is 51.1 Å². The van der Waals surface area contributed by atoms with Gasteiger partial charge in [-0.25, -0.2) is 14.8 Å². The Morgan fingerprint density at radius 2 is 1.67 bits per heavy atom. The van der Waals surface area contributed by atoms with Gasteiger partial charge >= 0.3 is 6.09 Å². The van der Waals surface area contributed by atoms with Crippen molar-refractivity contribution in [2.75, 3.05) is 13.1 Å². The number of hydrogen-bond acceptors (Lipinski definition) is 7. The standard InChI is InChI=1S/C21H25N7O2/c1-21(2,3)30-20(29)27-11-9-17(10-12-27)28-25-19(24-26-28)16-13-22-18(23-14-16)15-7-5-4-6-8-15/h4-8,13-14,17H,9-12H2,1-3H3. The number of nitrogens with zero attached hydrogens (tertiary/aromatic N) is 7. The van der Waals surface area contributed by atoms with Crippen LogP contribution in [0.4, 0.5) is 4.79 Å². The number of piperidine rings is 1. The van der Waals surface area contributed by atoms with Crippen LogP contribution in [0.1, 0.15) is 39.7 Å². The fourth-order valence-electron chi connectivity index (χ4n) is 3.28. The summed E-state index contributed by atoms with van der Waals surface area (Å²) in [6.07, 6.45) is 4.64. The lowest BCUT2D eigenvalue weighted by molar-refractivity contribution is 0.0179. The van der Waals surface area contributed by atoms with Crippen molar-refractivity contribution < 1.29 is 9.53 Å². The number of carbonyl (C=O) groups is 1. The zero-order valence-electron chi connectivity index (χ0n) is 17.4. The molecule has 1 fully saturated rings. The van der Waals surface area contributed by atoms with Crippen molar-refractivity contribution >= 4 is 6.09 Å². The predicted molar refractivity (Wildman–Crippen MR) is 110 cm³/mol. The first-order chi connectivity index (χ1) is 14.4. The minimum Gasteiger partial charge on any atom is -0.444 e. The molecule has 0 saturated carbocycles. The molecule has 9 heteroatoms. The van der Waals surface area contributed by atoms with E-state index in [2.05, 4.69) is 25.4 Å². The summed E-state index contributed by atoms with van der Waals surface area (Å²) in [6.45, 7) is 6.81. The van der Waals surface area contributed by atoms with Crippen LogP contribution in [0.5, 0.6) is 0 Å². The molecule has 4 rings (SSSR count). The number of likely N-dealkylation sites (tertiary alicyclic amines) is 1. The van der Waals surface area contributed by atoms with Crippen molar-refractivity contribution in [3.05, 3.63) is 42.7 Å². The number of carbonyl (C=O) groups excluding carboxylic acids is 1. The Balaban J connectivity index is 1.38. The first kappa shape index (κ1) is 19.9. The van der Waals surface area contributed by atoms with Crippen LogP contribution < -0.4 is 0 Å². The SMILES string of the molecule is CC(C)(C)OC(=O)N1CCC(n2nnc(-c3cnc(-c4ccccc4)nc3)n2)CC1. The molecule has 1 amide bonds. The predicted octanol–water partition coefficient (Wildman–Crippen LogP) is 3.37. The molecule has 0 atom stereocenters. The van der Waals surface area contributed by atoms with E-state index in [-0.39, 0.29) is 12.1 Å². The van der Waals surface area contributed by atoms with Crippen molar-refractivity contribution in [3.8, 4) is 22.8 Å². The Morgan fingerprint density at radius 1 is 1.00 bits per heavy atom. The number of tetrazole rings is 1. The Kier molecular flexibility index (Phi) is 5.43. The van der Waals surface area contributed by atoms with Gasteiger partial charge in [0, 0.05) is 31.0 Å². The topological polar surface area (TPSA) is 98.9 Å². The zero-order valence-corrected chi connectivity index (χ0v) is 17.4. The Morgan fingerprint density at radius 3 is 2.30 bits per heavy atom. The molecule has 0 N–H and O–H groups in total. The van der Waals surface area contributed by atoms with Gasteiger partial charge in [-0.05, 0) is 38.8 Å². The highest BCUT2D eigenvalue weighted by Crippen LogP contribution is 2.24. The highest BCUT2D eigenvalue weighted by molar-refractivity contribution is 5.68. The number of benzene rings is 1. The highest BCUT2D eigenvalue weighted by atomic mass is 16.6. The van der Waals surface area contributed by atoms with Gasteiger partial charge in [-0.2, -0.15) is 4.80 Å². The molecule has 0 unspecified atom stereocenters. The van der Waals surface area contributed by atoms with E-state index in [0.29, 0.717) is 30.3 Å². The molecular weight excluding hydrogens is 382 g/mol. The van der Waals surface area contributed by atoms with E-state index in [0.717, 1.165) is 18.4 Å². The Labute approximate surface area is 175 Å². The Bertz CT molecular complexity index is 988. The first-order valence-corrected chi connectivity index (χ1v) is 10.0. The maximum absolute atomic E-state index is 12.2. The fraction of sp³-hybridized carbons (Fsp3) is 0.429. The summed E-state index contributed by atoms with van der Waals surface area (Å²) in [5, 5.41) is 12.9. The van der Waals surface area contributed by atoms with Gasteiger partial charge in [0.15, 0.2) is 5.82 Å². The van der Waals surface area contributed by atoms with E-state index in [1.165, 1.54) is 0 Å². The molecule has 1 saturated heterocycles. The summed E-state index contributed by atoms with van der Waals surface area (Å²) in [7, 11) is 0. The van der Waals surface area contributed by atoms with Crippen molar-refractivity contribution in [2.45, 2.75) is 45.3 Å². The number of rotatable bonds is 3. The smallest absolute Gasteiger partial charge is 0.410 e. The maximum Gasteiger partial charge on any atom is 0.410 e. The number of aromatic nitrogens is 6. The van der Waals surface area contributed by atoms with Gasteiger partial charge in [-0.3, -0.25) is 0 Å². The van der Waals surface area contributed by atoms with Crippen molar-refractivity contribution in [2.24, 2.45) is 0 Å².